The van der Waals surface area contributed by atoms with Crippen LogP contribution in [0.2, 0.25) is 10.0 Å². The largest absolute Gasteiger partial charge is 0.435 e. The van der Waals surface area contributed by atoms with Crippen molar-refractivity contribution in [1.29, 1.82) is 0 Å². The summed E-state index contributed by atoms with van der Waals surface area (Å²) in [4.78, 5) is 0. The Hall–Kier alpha value is -1.32. The highest BCUT2D eigenvalue weighted by atomic mass is 35.5. The number of alkyl halides is 2. The first-order valence-electron chi connectivity index (χ1n) is 5.07. The molecule has 0 aromatic heterocycles. The van der Waals surface area contributed by atoms with Crippen LogP contribution in [0.25, 0.3) is 11.1 Å². The molecule has 0 aliphatic heterocycles. The van der Waals surface area contributed by atoms with Gasteiger partial charge in [0, 0.05) is 15.6 Å². The Morgan fingerprint density at radius 2 is 1.56 bits per heavy atom. The molecular formula is C13H8Cl2F2O. The second-order valence-corrected chi connectivity index (χ2v) is 4.32. The van der Waals surface area contributed by atoms with E-state index in [1.54, 1.807) is 30.3 Å². The van der Waals surface area contributed by atoms with Crippen LogP contribution in [0, 0.1) is 0 Å². The van der Waals surface area contributed by atoms with Gasteiger partial charge in [0.1, 0.15) is 5.75 Å². The molecule has 0 radical (unpaired) electrons. The van der Waals surface area contributed by atoms with E-state index in [-0.39, 0.29) is 5.75 Å². The first-order valence-corrected chi connectivity index (χ1v) is 5.83. The van der Waals surface area contributed by atoms with Crippen molar-refractivity contribution in [1.82, 2.24) is 0 Å². The SMILES string of the molecule is FC(F)Oc1cccc(-c2c(Cl)cccc2Cl)c1. The van der Waals surface area contributed by atoms with Crippen LogP contribution >= 0.6 is 23.2 Å². The highest BCUT2D eigenvalue weighted by molar-refractivity contribution is 6.39. The predicted molar refractivity (Wildman–Crippen MR) is 68.5 cm³/mol. The van der Waals surface area contributed by atoms with Crippen molar-refractivity contribution in [3.8, 4) is 16.9 Å². The minimum atomic E-state index is -2.86. The van der Waals surface area contributed by atoms with Gasteiger partial charge in [0.25, 0.3) is 0 Å². The lowest BCUT2D eigenvalue weighted by Crippen LogP contribution is -2.01. The molecule has 0 saturated carbocycles. The molecule has 0 heterocycles. The van der Waals surface area contributed by atoms with Crippen molar-refractivity contribution in [3.63, 3.8) is 0 Å². The summed E-state index contributed by atoms with van der Waals surface area (Å²) >= 11 is 12.1. The lowest BCUT2D eigenvalue weighted by molar-refractivity contribution is -0.0498. The fourth-order valence-corrected chi connectivity index (χ4v) is 2.22. The molecule has 2 aromatic carbocycles. The first-order chi connectivity index (χ1) is 8.58. The van der Waals surface area contributed by atoms with E-state index in [1.807, 2.05) is 0 Å². The third-order valence-corrected chi connectivity index (χ3v) is 2.94. The molecule has 2 aromatic rings. The van der Waals surface area contributed by atoms with Gasteiger partial charge in [-0.2, -0.15) is 8.78 Å². The smallest absolute Gasteiger partial charge is 0.387 e. The standard InChI is InChI=1S/C13H8Cl2F2O/c14-10-5-2-6-11(15)12(10)8-3-1-4-9(7-8)18-13(16)17/h1-7,13H. The molecule has 0 N–H and O–H groups in total. The Bertz CT molecular complexity index is 538. The van der Waals surface area contributed by atoms with E-state index in [9.17, 15) is 8.78 Å². The molecule has 18 heavy (non-hydrogen) atoms. The van der Waals surface area contributed by atoms with Gasteiger partial charge < -0.3 is 4.74 Å². The van der Waals surface area contributed by atoms with Crippen molar-refractivity contribution in [2.75, 3.05) is 0 Å². The van der Waals surface area contributed by atoms with Gasteiger partial charge in [0.05, 0.1) is 0 Å². The van der Waals surface area contributed by atoms with Gasteiger partial charge in [-0.1, -0.05) is 41.4 Å². The van der Waals surface area contributed by atoms with Gasteiger partial charge in [-0.25, -0.2) is 0 Å². The van der Waals surface area contributed by atoms with Crippen LogP contribution in [-0.2, 0) is 0 Å². The topological polar surface area (TPSA) is 9.23 Å². The summed E-state index contributed by atoms with van der Waals surface area (Å²) in [6.07, 6.45) is 0. The van der Waals surface area contributed by atoms with Crippen molar-refractivity contribution in [3.05, 3.63) is 52.5 Å². The molecule has 0 aliphatic rings. The van der Waals surface area contributed by atoms with E-state index >= 15 is 0 Å². The lowest BCUT2D eigenvalue weighted by Gasteiger charge is -2.09. The van der Waals surface area contributed by atoms with E-state index in [0.717, 1.165) is 0 Å². The maximum absolute atomic E-state index is 12.1. The number of ether oxygens (including phenoxy) is 1. The Kier molecular flexibility index (Phi) is 4.04. The van der Waals surface area contributed by atoms with E-state index in [0.29, 0.717) is 21.2 Å². The van der Waals surface area contributed by atoms with Crippen LogP contribution in [0.15, 0.2) is 42.5 Å². The van der Waals surface area contributed by atoms with Crippen LogP contribution in [0.4, 0.5) is 8.78 Å². The zero-order chi connectivity index (χ0) is 13.1. The number of rotatable bonds is 3. The number of hydrogen-bond donors (Lipinski definition) is 0. The summed E-state index contributed by atoms with van der Waals surface area (Å²) in [5, 5.41) is 0.911. The van der Waals surface area contributed by atoms with Crippen LogP contribution in [-0.4, -0.2) is 6.61 Å². The fourth-order valence-electron chi connectivity index (χ4n) is 1.60. The van der Waals surface area contributed by atoms with Crippen LogP contribution in [0.5, 0.6) is 5.75 Å². The molecule has 0 aliphatic carbocycles. The summed E-state index contributed by atoms with van der Waals surface area (Å²) < 4.78 is 28.6. The zero-order valence-corrected chi connectivity index (χ0v) is 10.6. The minimum absolute atomic E-state index is 0.0680. The fraction of sp³-hybridized carbons (Fsp3) is 0.0769. The van der Waals surface area contributed by atoms with Gasteiger partial charge in [-0.15, -0.1) is 0 Å². The van der Waals surface area contributed by atoms with Crippen LogP contribution < -0.4 is 4.74 Å². The number of hydrogen-bond acceptors (Lipinski definition) is 1. The molecule has 0 amide bonds. The monoisotopic (exact) mass is 288 g/mol. The summed E-state index contributed by atoms with van der Waals surface area (Å²) in [6, 6.07) is 11.3. The minimum Gasteiger partial charge on any atom is -0.435 e. The summed E-state index contributed by atoms with van der Waals surface area (Å²) in [5.74, 6) is 0.0680. The second kappa shape index (κ2) is 5.55. The van der Waals surface area contributed by atoms with Gasteiger partial charge in [-0.05, 0) is 29.8 Å². The molecule has 0 unspecified atom stereocenters. The van der Waals surface area contributed by atoms with E-state index in [2.05, 4.69) is 4.74 Å². The molecule has 1 nitrogen and oxygen atoms in total. The Balaban J connectivity index is 2.45. The molecule has 0 bridgehead atoms. The lowest BCUT2D eigenvalue weighted by atomic mass is 10.1. The quantitative estimate of drug-likeness (QED) is 0.748. The van der Waals surface area contributed by atoms with Crippen molar-refractivity contribution in [2.45, 2.75) is 6.61 Å². The number of halogens is 4. The molecule has 2 rings (SSSR count). The number of benzene rings is 2. The molecule has 94 valence electrons. The van der Waals surface area contributed by atoms with E-state index < -0.39 is 6.61 Å². The van der Waals surface area contributed by atoms with Gasteiger partial charge >= 0.3 is 6.61 Å². The summed E-state index contributed by atoms with van der Waals surface area (Å²) in [7, 11) is 0. The predicted octanol–water partition coefficient (Wildman–Crippen LogP) is 5.26. The maximum Gasteiger partial charge on any atom is 0.387 e. The maximum atomic E-state index is 12.1. The van der Waals surface area contributed by atoms with Gasteiger partial charge in [0.2, 0.25) is 0 Å². The Morgan fingerprint density at radius 1 is 0.944 bits per heavy atom. The third kappa shape index (κ3) is 2.92. The average molecular weight is 289 g/mol. The molecular weight excluding hydrogens is 281 g/mol. The van der Waals surface area contributed by atoms with E-state index in [4.69, 9.17) is 23.2 Å². The van der Waals surface area contributed by atoms with Crippen molar-refractivity contribution < 1.29 is 13.5 Å². The molecule has 0 spiro atoms. The summed E-state index contributed by atoms with van der Waals surface area (Å²) in [5.41, 5.74) is 1.23. The van der Waals surface area contributed by atoms with Crippen LogP contribution in [0.1, 0.15) is 0 Å². The van der Waals surface area contributed by atoms with Crippen LogP contribution in [0.3, 0.4) is 0 Å². The second-order valence-electron chi connectivity index (χ2n) is 3.50. The third-order valence-electron chi connectivity index (χ3n) is 2.31. The average Bonchev–Trinajstić information content (AvgIpc) is 2.28. The zero-order valence-electron chi connectivity index (χ0n) is 9.04. The first kappa shape index (κ1) is 13.1. The molecule has 0 atom stereocenters. The van der Waals surface area contributed by atoms with Gasteiger partial charge in [-0.3, -0.25) is 0 Å². The highest BCUT2D eigenvalue weighted by Crippen LogP contribution is 2.35. The van der Waals surface area contributed by atoms with Crippen molar-refractivity contribution in [2.24, 2.45) is 0 Å². The Labute approximate surface area is 113 Å². The van der Waals surface area contributed by atoms with Gasteiger partial charge in [0.15, 0.2) is 0 Å². The van der Waals surface area contributed by atoms with Crippen molar-refractivity contribution >= 4 is 23.2 Å². The molecule has 0 saturated heterocycles. The summed E-state index contributed by atoms with van der Waals surface area (Å²) in [6.45, 7) is -2.86. The van der Waals surface area contributed by atoms with E-state index in [1.165, 1.54) is 12.1 Å². The molecule has 5 heteroatoms. The Morgan fingerprint density at radius 3 is 2.17 bits per heavy atom. The molecule has 0 fully saturated rings. The highest BCUT2D eigenvalue weighted by Gasteiger charge is 2.10. The normalized spacial score (nSPS) is 10.7.